The number of urea groups is 1. The third kappa shape index (κ3) is 9.07. The fourth-order valence-electron chi connectivity index (χ4n) is 3.45. The van der Waals surface area contributed by atoms with Crippen molar-refractivity contribution in [1.29, 1.82) is 0 Å². The van der Waals surface area contributed by atoms with Gasteiger partial charge in [-0.3, -0.25) is 9.89 Å². The number of carbonyl (C=O) groups is 1. The van der Waals surface area contributed by atoms with Crippen molar-refractivity contribution in [3.8, 4) is 0 Å². The molecule has 0 aliphatic carbocycles. The Bertz CT molecular complexity index is 669. The molecule has 1 aromatic rings. The molecule has 1 fully saturated rings. The van der Waals surface area contributed by atoms with E-state index in [4.69, 9.17) is 0 Å². The topological polar surface area (TPSA) is 80.8 Å². The van der Waals surface area contributed by atoms with Gasteiger partial charge in [-0.15, -0.1) is 24.0 Å². The molecule has 170 valence electrons. The fraction of sp³-hybridized carbons (Fsp3) is 0.636. The van der Waals surface area contributed by atoms with Crippen LogP contribution in [0.3, 0.4) is 0 Å². The van der Waals surface area contributed by atoms with Crippen LogP contribution in [-0.2, 0) is 6.54 Å². The van der Waals surface area contributed by atoms with Gasteiger partial charge < -0.3 is 21.3 Å². The molecular formula is C22H39IN6O. The molecule has 0 saturated carbocycles. The predicted molar refractivity (Wildman–Crippen MR) is 137 cm³/mol. The lowest BCUT2D eigenvalue weighted by Gasteiger charge is -2.41. The number of nitrogens with one attached hydrogen (secondary N) is 4. The van der Waals surface area contributed by atoms with E-state index in [1.165, 1.54) is 32.4 Å². The monoisotopic (exact) mass is 530 g/mol. The number of carbonyl (C=O) groups excluding carboxylic acids is 1. The molecule has 1 aliphatic heterocycles. The van der Waals surface area contributed by atoms with Crippen LogP contribution in [0.2, 0.25) is 0 Å². The Labute approximate surface area is 198 Å². The molecule has 30 heavy (non-hydrogen) atoms. The van der Waals surface area contributed by atoms with Crippen molar-refractivity contribution in [3.05, 3.63) is 29.8 Å². The number of hydrogen-bond donors (Lipinski definition) is 4. The Kier molecular flexibility index (Phi) is 11.5. The van der Waals surface area contributed by atoms with E-state index in [1.807, 2.05) is 38.1 Å². The maximum Gasteiger partial charge on any atom is 0.319 e. The average molecular weight is 530 g/mol. The van der Waals surface area contributed by atoms with E-state index in [0.29, 0.717) is 6.54 Å². The number of anilines is 1. The molecule has 1 aliphatic rings. The van der Waals surface area contributed by atoms with E-state index in [2.05, 4.69) is 45.0 Å². The summed E-state index contributed by atoms with van der Waals surface area (Å²) in [4.78, 5) is 18.7. The van der Waals surface area contributed by atoms with Crippen LogP contribution < -0.4 is 21.3 Å². The van der Waals surface area contributed by atoms with Gasteiger partial charge in [-0.25, -0.2) is 4.79 Å². The lowest BCUT2D eigenvalue weighted by molar-refractivity contribution is 0.0982. The SMILES string of the molecule is CN=C(NCc1ccc(NC(=O)NC(C)C)cc1)NCC(C)(C)N1CCCCC1.I. The van der Waals surface area contributed by atoms with Crippen LogP contribution in [0, 0.1) is 0 Å². The second kappa shape index (κ2) is 13.0. The summed E-state index contributed by atoms with van der Waals surface area (Å²) in [7, 11) is 1.80. The summed E-state index contributed by atoms with van der Waals surface area (Å²) in [6, 6.07) is 7.75. The zero-order chi connectivity index (χ0) is 21.3. The Morgan fingerprint density at radius 1 is 1.10 bits per heavy atom. The van der Waals surface area contributed by atoms with Gasteiger partial charge in [-0.2, -0.15) is 0 Å². The van der Waals surface area contributed by atoms with E-state index in [1.54, 1.807) is 7.05 Å². The van der Waals surface area contributed by atoms with Crippen molar-refractivity contribution in [2.24, 2.45) is 4.99 Å². The van der Waals surface area contributed by atoms with Gasteiger partial charge in [0, 0.05) is 37.4 Å². The number of rotatable bonds is 7. The maximum atomic E-state index is 11.8. The van der Waals surface area contributed by atoms with Crippen LogP contribution >= 0.6 is 24.0 Å². The number of hydrogen-bond acceptors (Lipinski definition) is 3. The molecule has 0 aromatic heterocycles. The first-order chi connectivity index (χ1) is 13.8. The van der Waals surface area contributed by atoms with Crippen molar-refractivity contribution >= 4 is 41.7 Å². The number of piperidine rings is 1. The lowest BCUT2D eigenvalue weighted by atomic mass is 9.98. The van der Waals surface area contributed by atoms with E-state index < -0.39 is 0 Å². The van der Waals surface area contributed by atoms with Crippen LogP contribution in [0.4, 0.5) is 10.5 Å². The summed E-state index contributed by atoms with van der Waals surface area (Å²) < 4.78 is 0. The first kappa shape index (κ1) is 26.5. The quantitative estimate of drug-likeness (QED) is 0.246. The Hall–Kier alpha value is -1.55. The third-order valence-corrected chi connectivity index (χ3v) is 5.22. The van der Waals surface area contributed by atoms with Crippen molar-refractivity contribution < 1.29 is 4.79 Å². The Balaban J connectivity index is 0.00000450. The molecule has 0 radical (unpaired) electrons. The standard InChI is InChI=1S/C22H38N6O.HI/c1-17(2)26-21(29)27-19-11-9-18(10-12-19)15-24-20(23-5)25-16-22(3,4)28-13-7-6-8-14-28;/h9-12,17H,6-8,13-16H2,1-5H3,(H2,23,24,25)(H2,26,27,29);1H. The first-order valence-electron chi connectivity index (χ1n) is 10.7. The molecular weight excluding hydrogens is 491 g/mol. The number of nitrogens with zero attached hydrogens (tertiary/aromatic N) is 2. The molecule has 1 saturated heterocycles. The Morgan fingerprint density at radius 2 is 1.73 bits per heavy atom. The van der Waals surface area contributed by atoms with Gasteiger partial charge in [0.15, 0.2) is 5.96 Å². The summed E-state index contributed by atoms with van der Waals surface area (Å²) in [5, 5.41) is 12.5. The average Bonchev–Trinajstić information content (AvgIpc) is 2.69. The highest BCUT2D eigenvalue weighted by Gasteiger charge is 2.27. The van der Waals surface area contributed by atoms with Gasteiger partial charge >= 0.3 is 6.03 Å². The zero-order valence-corrected chi connectivity index (χ0v) is 21.4. The summed E-state index contributed by atoms with van der Waals surface area (Å²) in [6.07, 6.45) is 3.93. The molecule has 7 nitrogen and oxygen atoms in total. The second-order valence-corrected chi connectivity index (χ2v) is 8.59. The number of benzene rings is 1. The van der Waals surface area contributed by atoms with Crippen LogP contribution in [0.5, 0.6) is 0 Å². The number of amides is 2. The van der Waals surface area contributed by atoms with E-state index in [9.17, 15) is 4.79 Å². The normalized spacial score (nSPS) is 15.3. The minimum Gasteiger partial charge on any atom is -0.355 e. The highest BCUT2D eigenvalue weighted by atomic mass is 127. The molecule has 4 N–H and O–H groups in total. The summed E-state index contributed by atoms with van der Waals surface area (Å²) >= 11 is 0. The van der Waals surface area contributed by atoms with Crippen LogP contribution in [0.1, 0.15) is 52.5 Å². The molecule has 0 bridgehead atoms. The van der Waals surface area contributed by atoms with E-state index in [0.717, 1.165) is 23.8 Å². The highest BCUT2D eigenvalue weighted by Crippen LogP contribution is 2.19. The molecule has 8 heteroatoms. The van der Waals surface area contributed by atoms with Gasteiger partial charge in [-0.05, 0) is 71.3 Å². The van der Waals surface area contributed by atoms with Crippen molar-refractivity contribution in [1.82, 2.24) is 20.9 Å². The van der Waals surface area contributed by atoms with Crippen molar-refractivity contribution in [3.63, 3.8) is 0 Å². The van der Waals surface area contributed by atoms with Gasteiger partial charge in [0.05, 0.1) is 0 Å². The third-order valence-electron chi connectivity index (χ3n) is 5.22. The van der Waals surface area contributed by atoms with Crippen molar-refractivity contribution in [2.45, 2.75) is 65.1 Å². The van der Waals surface area contributed by atoms with E-state index in [-0.39, 0.29) is 41.6 Å². The van der Waals surface area contributed by atoms with E-state index >= 15 is 0 Å². The summed E-state index contributed by atoms with van der Waals surface area (Å²) in [5.41, 5.74) is 2.00. The number of likely N-dealkylation sites (tertiary alicyclic amines) is 1. The smallest absolute Gasteiger partial charge is 0.319 e. The maximum absolute atomic E-state index is 11.8. The largest absolute Gasteiger partial charge is 0.355 e. The molecule has 0 spiro atoms. The van der Waals surface area contributed by atoms with Crippen LogP contribution in [0.25, 0.3) is 0 Å². The minimum absolute atomic E-state index is 0. The van der Waals surface area contributed by atoms with Crippen LogP contribution in [-0.4, -0.2) is 55.2 Å². The Morgan fingerprint density at radius 3 is 2.30 bits per heavy atom. The predicted octanol–water partition coefficient (Wildman–Crippen LogP) is 3.76. The van der Waals surface area contributed by atoms with Gasteiger partial charge in [0.25, 0.3) is 0 Å². The van der Waals surface area contributed by atoms with Gasteiger partial charge in [-0.1, -0.05) is 18.6 Å². The number of aliphatic imine (C=N–C) groups is 1. The van der Waals surface area contributed by atoms with Gasteiger partial charge in [0.1, 0.15) is 0 Å². The highest BCUT2D eigenvalue weighted by molar-refractivity contribution is 14.0. The molecule has 0 atom stereocenters. The first-order valence-corrected chi connectivity index (χ1v) is 10.7. The van der Waals surface area contributed by atoms with Gasteiger partial charge in [0.2, 0.25) is 0 Å². The molecule has 2 rings (SSSR count). The minimum atomic E-state index is -0.188. The fourth-order valence-corrected chi connectivity index (χ4v) is 3.45. The lowest BCUT2D eigenvalue weighted by Crippen LogP contribution is -2.54. The number of halogens is 1. The molecule has 1 heterocycles. The molecule has 0 unspecified atom stereocenters. The molecule has 1 aromatic carbocycles. The summed E-state index contributed by atoms with van der Waals surface area (Å²) in [6.45, 7) is 12.3. The summed E-state index contributed by atoms with van der Waals surface area (Å²) in [5.74, 6) is 0.800. The zero-order valence-electron chi connectivity index (χ0n) is 19.0. The number of guanidine groups is 1. The van der Waals surface area contributed by atoms with Crippen molar-refractivity contribution in [2.75, 3.05) is 32.0 Å². The van der Waals surface area contributed by atoms with Crippen LogP contribution in [0.15, 0.2) is 29.3 Å². The molecule has 2 amide bonds. The second-order valence-electron chi connectivity index (χ2n) is 8.59.